The second-order valence-corrected chi connectivity index (χ2v) is 4.55. The zero-order valence-electron chi connectivity index (χ0n) is 10.8. The molecule has 1 nitrogen and oxygen atoms in total. The minimum absolute atomic E-state index is 0.250. The van der Waals surface area contributed by atoms with Gasteiger partial charge in [0.1, 0.15) is 0 Å². The Labute approximate surface area is 105 Å². The first-order valence-corrected chi connectivity index (χ1v) is 6.70. The third kappa shape index (κ3) is 6.96. The van der Waals surface area contributed by atoms with Gasteiger partial charge < -0.3 is 5.11 Å². The number of allylic oxidation sites excluding steroid dienone is 1. The molecule has 1 N–H and O–H groups in total. The smallest absolute Gasteiger partial charge is 0.0614 e. The van der Waals surface area contributed by atoms with Crippen LogP contribution in [0.25, 0.3) is 0 Å². The predicted molar refractivity (Wildman–Crippen MR) is 74.1 cm³/mol. The number of rotatable bonds is 8. The van der Waals surface area contributed by atoms with Crippen LogP contribution in [0.4, 0.5) is 0 Å². The standard InChI is InChI=1S/C16H24O/c1-2-3-4-5-6-10-13-16(17)14-15-11-8-7-9-12-15/h6-12,16-17H,2-5,13-14H2,1H3/b10-6+. The third-order valence-corrected chi connectivity index (χ3v) is 2.86. The molecule has 0 radical (unpaired) electrons. The van der Waals surface area contributed by atoms with Crippen LogP contribution in [-0.4, -0.2) is 11.2 Å². The zero-order valence-corrected chi connectivity index (χ0v) is 10.8. The van der Waals surface area contributed by atoms with Crippen molar-refractivity contribution < 1.29 is 5.11 Å². The lowest BCUT2D eigenvalue weighted by Gasteiger charge is -2.07. The first-order chi connectivity index (χ1) is 8.33. The van der Waals surface area contributed by atoms with Crippen molar-refractivity contribution in [3.63, 3.8) is 0 Å². The van der Waals surface area contributed by atoms with Gasteiger partial charge in [0.15, 0.2) is 0 Å². The van der Waals surface area contributed by atoms with Gasteiger partial charge in [-0.05, 0) is 31.2 Å². The summed E-state index contributed by atoms with van der Waals surface area (Å²) in [5.74, 6) is 0. The monoisotopic (exact) mass is 232 g/mol. The molecule has 0 bridgehead atoms. The first kappa shape index (κ1) is 14.0. The highest BCUT2D eigenvalue weighted by Gasteiger charge is 2.02. The van der Waals surface area contributed by atoms with E-state index in [2.05, 4.69) is 31.2 Å². The van der Waals surface area contributed by atoms with E-state index in [0.29, 0.717) is 0 Å². The Hall–Kier alpha value is -1.08. The van der Waals surface area contributed by atoms with Crippen molar-refractivity contribution in [1.82, 2.24) is 0 Å². The molecule has 0 aromatic heterocycles. The summed E-state index contributed by atoms with van der Waals surface area (Å²) in [4.78, 5) is 0. The zero-order chi connectivity index (χ0) is 12.3. The number of hydrogen-bond acceptors (Lipinski definition) is 1. The maximum atomic E-state index is 9.85. The lowest BCUT2D eigenvalue weighted by Crippen LogP contribution is -2.08. The van der Waals surface area contributed by atoms with E-state index in [0.717, 1.165) is 19.3 Å². The van der Waals surface area contributed by atoms with Gasteiger partial charge in [-0.3, -0.25) is 0 Å². The van der Waals surface area contributed by atoms with Crippen LogP contribution in [0.3, 0.4) is 0 Å². The van der Waals surface area contributed by atoms with E-state index in [4.69, 9.17) is 0 Å². The molecular formula is C16H24O. The second-order valence-electron chi connectivity index (χ2n) is 4.55. The van der Waals surface area contributed by atoms with Gasteiger partial charge in [0.2, 0.25) is 0 Å². The molecule has 0 aliphatic heterocycles. The first-order valence-electron chi connectivity index (χ1n) is 6.70. The van der Waals surface area contributed by atoms with E-state index in [1.54, 1.807) is 0 Å². The summed E-state index contributed by atoms with van der Waals surface area (Å²) in [5.41, 5.74) is 1.21. The highest BCUT2D eigenvalue weighted by molar-refractivity contribution is 5.15. The predicted octanol–water partition coefficient (Wildman–Crippen LogP) is 4.12. The molecule has 1 heteroatoms. The molecule has 0 heterocycles. The summed E-state index contributed by atoms with van der Waals surface area (Å²) in [6, 6.07) is 10.2. The maximum Gasteiger partial charge on any atom is 0.0614 e. The molecule has 0 aliphatic carbocycles. The van der Waals surface area contributed by atoms with E-state index in [1.165, 1.54) is 24.8 Å². The van der Waals surface area contributed by atoms with Crippen LogP contribution in [0.1, 0.15) is 44.6 Å². The molecule has 0 saturated heterocycles. The summed E-state index contributed by atoms with van der Waals surface area (Å²) in [6.07, 6.45) is 10.6. The lowest BCUT2D eigenvalue weighted by molar-refractivity contribution is 0.178. The van der Waals surface area contributed by atoms with Crippen molar-refractivity contribution >= 4 is 0 Å². The van der Waals surface area contributed by atoms with E-state index < -0.39 is 0 Å². The van der Waals surface area contributed by atoms with Gasteiger partial charge in [0, 0.05) is 0 Å². The van der Waals surface area contributed by atoms with Crippen molar-refractivity contribution in [2.45, 2.75) is 51.6 Å². The van der Waals surface area contributed by atoms with Gasteiger partial charge in [-0.15, -0.1) is 0 Å². The second kappa shape index (κ2) is 9.00. The molecule has 1 rings (SSSR count). The van der Waals surface area contributed by atoms with Crippen LogP contribution in [-0.2, 0) is 6.42 Å². The highest BCUT2D eigenvalue weighted by Crippen LogP contribution is 2.07. The molecule has 0 amide bonds. The van der Waals surface area contributed by atoms with Gasteiger partial charge in [-0.25, -0.2) is 0 Å². The average molecular weight is 232 g/mol. The van der Waals surface area contributed by atoms with E-state index in [9.17, 15) is 5.11 Å². The molecule has 0 spiro atoms. The van der Waals surface area contributed by atoms with Gasteiger partial charge in [0.05, 0.1) is 6.10 Å². The Bertz CT molecular complexity index is 303. The molecule has 1 atom stereocenters. The number of hydrogen-bond donors (Lipinski definition) is 1. The Morgan fingerprint density at radius 1 is 1.12 bits per heavy atom. The summed E-state index contributed by atoms with van der Waals surface area (Å²) >= 11 is 0. The fourth-order valence-electron chi connectivity index (χ4n) is 1.85. The van der Waals surface area contributed by atoms with Crippen molar-refractivity contribution in [1.29, 1.82) is 0 Å². The van der Waals surface area contributed by atoms with Gasteiger partial charge in [-0.1, -0.05) is 62.2 Å². The van der Waals surface area contributed by atoms with Crippen LogP contribution in [0, 0.1) is 0 Å². The molecule has 17 heavy (non-hydrogen) atoms. The van der Waals surface area contributed by atoms with Crippen molar-refractivity contribution in [2.24, 2.45) is 0 Å². The van der Waals surface area contributed by atoms with Crippen LogP contribution in [0.15, 0.2) is 42.5 Å². The molecule has 94 valence electrons. The molecule has 0 fully saturated rings. The summed E-state index contributed by atoms with van der Waals surface area (Å²) < 4.78 is 0. The minimum atomic E-state index is -0.250. The Kier molecular flexibility index (Phi) is 7.40. The number of aliphatic hydroxyl groups is 1. The minimum Gasteiger partial charge on any atom is -0.392 e. The quantitative estimate of drug-likeness (QED) is 0.528. The summed E-state index contributed by atoms with van der Waals surface area (Å²) in [6.45, 7) is 2.22. The van der Waals surface area contributed by atoms with E-state index >= 15 is 0 Å². The number of unbranched alkanes of at least 4 members (excludes halogenated alkanes) is 3. The van der Waals surface area contributed by atoms with Crippen LogP contribution >= 0.6 is 0 Å². The SMILES string of the molecule is CCCCC/C=C/CC(O)Cc1ccccc1. The molecule has 0 aliphatic rings. The van der Waals surface area contributed by atoms with Crippen molar-refractivity contribution in [3.05, 3.63) is 48.0 Å². The maximum absolute atomic E-state index is 9.85. The Morgan fingerprint density at radius 2 is 1.88 bits per heavy atom. The Balaban J connectivity index is 2.15. The summed E-state index contributed by atoms with van der Waals surface area (Å²) in [5, 5.41) is 9.85. The molecule has 0 saturated carbocycles. The number of benzene rings is 1. The van der Waals surface area contributed by atoms with Crippen molar-refractivity contribution in [2.75, 3.05) is 0 Å². The van der Waals surface area contributed by atoms with Crippen LogP contribution in [0.2, 0.25) is 0 Å². The average Bonchev–Trinajstić information content (AvgIpc) is 2.35. The normalized spacial score (nSPS) is 13.1. The fraction of sp³-hybridized carbons (Fsp3) is 0.500. The van der Waals surface area contributed by atoms with Gasteiger partial charge in [0.25, 0.3) is 0 Å². The van der Waals surface area contributed by atoms with Gasteiger partial charge >= 0.3 is 0 Å². The molecule has 1 aromatic rings. The van der Waals surface area contributed by atoms with Crippen LogP contribution < -0.4 is 0 Å². The third-order valence-electron chi connectivity index (χ3n) is 2.86. The molecular weight excluding hydrogens is 208 g/mol. The lowest BCUT2D eigenvalue weighted by atomic mass is 10.1. The largest absolute Gasteiger partial charge is 0.392 e. The van der Waals surface area contributed by atoms with Gasteiger partial charge in [-0.2, -0.15) is 0 Å². The van der Waals surface area contributed by atoms with E-state index in [-0.39, 0.29) is 6.10 Å². The van der Waals surface area contributed by atoms with Crippen molar-refractivity contribution in [3.8, 4) is 0 Å². The molecule has 1 aromatic carbocycles. The van der Waals surface area contributed by atoms with Crippen LogP contribution in [0.5, 0.6) is 0 Å². The summed E-state index contributed by atoms with van der Waals surface area (Å²) in [7, 11) is 0. The fourth-order valence-corrected chi connectivity index (χ4v) is 1.85. The van der Waals surface area contributed by atoms with E-state index in [1.807, 2.05) is 18.2 Å². The molecule has 1 unspecified atom stereocenters. The number of aliphatic hydroxyl groups excluding tert-OH is 1. The Morgan fingerprint density at radius 3 is 2.59 bits per heavy atom. The topological polar surface area (TPSA) is 20.2 Å². The highest BCUT2D eigenvalue weighted by atomic mass is 16.3.